The summed E-state index contributed by atoms with van der Waals surface area (Å²) in [6, 6.07) is 3.35. The first-order chi connectivity index (χ1) is 12.0. The number of carbonyl (C=O) groups excluding carboxylic acids is 2. The van der Waals surface area contributed by atoms with E-state index in [1.54, 1.807) is 0 Å². The van der Waals surface area contributed by atoms with Gasteiger partial charge in [0.15, 0.2) is 11.6 Å². The van der Waals surface area contributed by atoms with Crippen LogP contribution in [0.5, 0.6) is 0 Å². The number of rotatable bonds is 3. The molecule has 130 valence electrons. The highest BCUT2D eigenvalue weighted by molar-refractivity contribution is 7.15. The molecule has 0 amide bonds. The second-order valence-electron chi connectivity index (χ2n) is 6.75. The molecule has 2 aromatic rings. The van der Waals surface area contributed by atoms with Crippen molar-refractivity contribution in [3.05, 3.63) is 40.4 Å². The number of thiazole rings is 1. The van der Waals surface area contributed by atoms with Crippen LogP contribution in [-0.4, -0.2) is 16.6 Å². The first kappa shape index (κ1) is 16.5. The van der Waals surface area contributed by atoms with Crippen molar-refractivity contribution in [1.82, 2.24) is 4.98 Å². The number of nitrogens with zero attached hydrogens (tertiary/aromatic N) is 1. The van der Waals surface area contributed by atoms with E-state index in [-0.39, 0.29) is 29.0 Å². The molecule has 2 saturated carbocycles. The van der Waals surface area contributed by atoms with E-state index in [1.165, 1.54) is 23.5 Å². The van der Waals surface area contributed by atoms with Crippen LogP contribution < -0.4 is 0 Å². The molecular weight excluding hydrogens is 344 g/mol. The second kappa shape index (κ2) is 6.09. The maximum absolute atomic E-state index is 14.1. The van der Waals surface area contributed by atoms with E-state index in [0.29, 0.717) is 23.5 Å². The van der Waals surface area contributed by atoms with Crippen molar-refractivity contribution in [2.24, 2.45) is 11.8 Å². The molecule has 4 rings (SSSR count). The summed E-state index contributed by atoms with van der Waals surface area (Å²) in [6.07, 6.45) is 2.83. The molecule has 3 nitrogen and oxygen atoms in total. The minimum absolute atomic E-state index is 0.0371. The molecule has 0 radical (unpaired) electrons. The summed E-state index contributed by atoms with van der Waals surface area (Å²) in [6.45, 7) is 1.92. The summed E-state index contributed by atoms with van der Waals surface area (Å²) in [5.74, 6) is -2.33. The van der Waals surface area contributed by atoms with Gasteiger partial charge in [0.25, 0.3) is 0 Å². The molecule has 0 N–H and O–H groups in total. The molecule has 0 aliphatic heterocycles. The minimum Gasteiger partial charge on any atom is -0.298 e. The maximum atomic E-state index is 14.1. The van der Waals surface area contributed by atoms with E-state index < -0.39 is 17.6 Å². The molecule has 2 bridgehead atoms. The number of ketones is 2. The molecule has 6 heteroatoms. The Morgan fingerprint density at radius 1 is 1.16 bits per heavy atom. The molecule has 2 aliphatic carbocycles. The SMILES string of the molecule is CCc1sc(-c2ccc(F)cc2F)nc1C1C(=O)[C@@H]2CC[C@@H](C2)C1=O. The standard InChI is InChI=1S/C19H17F2NO2S/c1-2-14-16(15-17(23)9-3-4-10(7-9)18(15)24)22-19(25-14)12-6-5-11(20)8-13(12)21/h5-6,8-10,15H,2-4,7H2,1H3/t9-,10+,15?. The van der Waals surface area contributed by atoms with Gasteiger partial charge >= 0.3 is 0 Å². The Morgan fingerprint density at radius 2 is 1.84 bits per heavy atom. The van der Waals surface area contributed by atoms with Gasteiger partial charge in [-0.2, -0.15) is 0 Å². The minimum atomic E-state index is -0.810. The van der Waals surface area contributed by atoms with Crippen LogP contribution in [0.25, 0.3) is 10.6 Å². The van der Waals surface area contributed by atoms with Crippen molar-refractivity contribution in [3.63, 3.8) is 0 Å². The van der Waals surface area contributed by atoms with Crippen LogP contribution in [0, 0.1) is 23.5 Å². The highest BCUT2D eigenvalue weighted by Gasteiger charge is 2.48. The lowest BCUT2D eigenvalue weighted by Gasteiger charge is -2.24. The summed E-state index contributed by atoms with van der Waals surface area (Å²) in [4.78, 5) is 30.8. The number of aromatic nitrogens is 1. The van der Waals surface area contributed by atoms with Gasteiger partial charge in [-0.25, -0.2) is 13.8 Å². The average molecular weight is 361 g/mol. The molecule has 0 spiro atoms. The molecule has 0 saturated heterocycles. The zero-order valence-corrected chi connectivity index (χ0v) is 14.5. The summed E-state index contributed by atoms with van der Waals surface area (Å²) in [5.41, 5.74) is 0.684. The van der Waals surface area contributed by atoms with Gasteiger partial charge in [-0.1, -0.05) is 6.92 Å². The lowest BCUT2D eigenvalue weighted by Crippen LogP contribution is -2.35. The van der Waals surface area contributed by atoms with Crippen molar-refractivity contribution >= 4 is 22.9 Å². The van der Waals surface area contributed by atoms with Crippen molar-refractivity contribution in [2.45, 2.75) is 38.5 Å². The fourth-order valence-corrected chi connectivity index (χ4v) is 5.07. The first-order valence-electron chi connectivity index (χ1n) is 8.52. The highest BCUT2D eigenvalue weighted by Crippen LogP contribution is 2.45. The number of halogens is 2. The van der Waals surface area contributed by atoms with Crippen LogP contribution in [0.2, 0.25) is 0 Å². The van der Waals surface area contributed by atoms with Gasteiger partial charge in [0.1, 0.15) is 22.6 Å². The molecule has 1 aromatic carbocycles. The number of aryl methyl sites for hydroxylation is 1. The van der Waals surface area contributed by atoms with E-state index in [0.717, 1.165) is 23.8 Å². The van der Waals surface area contributed by atoms with E-state index >= 15 is 0 Å². The zero-order chi connectivity index (χ0) is 17.7. The van der Waals surface area contributed by atoms with Gasteiger partial charge in [-0.05, 0) is 37.8 Å². The van der Waals surface area contributed by atoms with Crippen LogP contribution in [0.3, 0.4) is 0 Å². The molecule has 1 heterocycles. The Bertz CT molecular complexity index is 854. The average Bonchev–Trinajstić information content (AvgIpc) is 3.19. The van der Waals surface area contributed by atoms with Crippen molar-refractivity contribution in [3.8, 4) is 10.6 Å². The largest absolute Gasteiger partial charge is 0.298 e. The Hall–Kier alpha value is -1.95. The van der Waals surface area contributed by atoms with Crippen LogP contribution in [0.15, 0.2) is 18.2 Å². The Balaban J connectivity index is 1.79. The molecule has 3 atom stereocenters. The van der Waals surface area contributed by atoms with Gasteiger partial charge in [0.2, 0.25) is 0 Å². The maximum Gasteiger partial charge on any atom is 0.152 e. The fourth-order valence-electron chi connectivity index (χ4n) is 4.00. The number of fused-ring (bicyclic) bond motifs is 2. The van der Waals surface area contributed by atoms with E-state index in [2.05, 4.69) is 4.98 Å². The summed E-state index contributed by atoms with van der Waals surface area (Å²) in [5, 5.41) is 0.392. The van der Waals surface area contributed by atoms with Crippen LogP contribution in [0.4, 0.5) is 8.78 Å². The summed E-state index contributed by atoms with van der Waals surface area (Å²) < 4.78 is 27.3. The Morgan fingerprint density at radius 3 is 2.44 bits per heavy atom. The van der Waals surface area contributed by atoms with E-state index in [4.69, 9.17) is 0 Å². The Labute approximate surface area is 148 Å². The van der Waals surface area contributed by atoms with Gasteiger partial charge in [-0.15, -0.1) is 11.3 Å². The van der Waals surface area contributed by atoms with Gasteiger partial charge in [-0.3, -0.25) is 9.59 Å². The third-order valence-corrected chi connectivity index (χ3v) is 6.54. The summed E-state index contributed by atoms with van der Waals surface area (Å²) >= 11 is 1.28. The third kappa shape index (κ3) is 2.63. The molecule has 2 aliphatic rings. The fraction of sp³-hybridized carbons (Fsp3) is 0.421. The van der Waals surface area contributed by atoms with E-state index in [1.807, 2.05) is 6.92 Å². The number of hydrogen-bond acceptors (Lipinski definition) is 4. The number of Topliss-reactive ketones (excluding diaryl/α,β-unsaturated/α-hetero) is 2. The molecule has 1 aromatic heterocycles. The van der Waals surface area contributed by atoms with Gasteiger partial charge in [0.05, 0.1) is 5.69 Å². The van der Waals surface area contributed by atoms with Crippen LogP contribution in [0.1, 0.15) is 42.7 Å². The second-order valence-corrected chi connectivity index (χ2v) is 7.83. The number of hydrogen-bond donors (Lipinski definition) is 0. The lowest BCUT2D eigenvalue weighted by molar-refractivity contribution is -0.136. The topological polar surface area (TPSA) is 47.0 Å². The van der Waals surface area contributed by atoms with E-state index in [9.17, 15) is 18.4 Å². The smallest absolute Gasteiger partial charge is 0.152 e. The van der Waals surface area contributed by atoms with Crippen molar-refractivity contribution < 1.29 is 18.4 Å². The number of carbonyl (C=O) groups is 2. The zero-order valence-electron chi connectivity index (χ0n) is 13.7. The van der Waals surface area contributed by atoms with Crippen LogP contribution in [-0.2, 0) is 16.0 Å². The monoisotopic (exact) mass is 361 g/mol. The van der Waals surface area contributed by atoms with Gasteiger partial charge < -0.3 is 0 Å². The van der Waals surface area contributed by atoms with Crippen molar-refractivity contribution in [2.75, 3.05) is 0 Å². The summed E-state index contributed by atoms with van der Waals surface area (Å²) in [7, 11) is 0. The van der Waals surface area contributed by atoms with Crippen molar-refractivity contribution in [1.29, 1.82) is 0 Å². The predicted molar refractivity (Wildman–Crippen MR) is 90.4 cm³/mol. The predicted octanol–water partition coefficient (Wildman–Crippen LogP) is 4.30. The third-order valence-electron chi connectivity index (χ3n) is 5.29. The molecule has 25 heavy (non-hydrogen) atoms. The first-order valence-corrected chi connectivity index (χ1v) is 9.33. The molecule has 2 fully saturated rings. The van der Waals surface area contributed by atoms with Crippen LogP contribution >= 0.6 is 11.3 Å². The number of benzene rings is 1. The Kier molecular flexibility index (Phi) is 4.02. The normalized spacial score (nSPS) is 25.6. The molecule has 1 unspecified atom stereocenters. The lowest BCUT2D eigenvalue weighted by atomic mass is 9.77. The highest BCUT2D eigenvalue weighted by atomic mass is 32.1. The van der Waals surface area contributed by atoms with Gasteiger partial charge in [0, 0.05) is 28.3 Å². The quantitative estimate of drug-likeness (QED) is 0.766. The molecular formula is C19H17F2NO2S.